The average molecular weight is 745 g/mol. The molecule has 0 N–H and O–H groups in total. The molecule has 3 aliphatic rings. The number of carbonyl (C=O) groups excluding carboxylic acids is 2. The van der Waals surface area contributed by atoms with E-state index in [4.69, 9.17) is 0 Å². The van der Waals surface area contributed by atoms with E-state index in [0.717, 1.165) is 81.7 Å². The molecule has 0 saturated carbocycles. The average Bonchev–Trinajstić information content (AvgIpc) is 3.81. The molecule has 2 heterocycles. The number of ketones is 2. The minimum Gasteiger partial charge on any atom is -0.311 e. The summed E-state index contributed by atoms with van der Waals surface area (Å²) < 4.78 is 1.09. The quantitative estimate of drug-likeness (QED) is 0.126. The van der Waals surface area contributed by atoms with Gasteiger partial charge in [0.2, 0.25) is 0 Å². The lowest BCUT2D eigenvalue weighted by molar-refractivity contribution is 0.0951. The van der Waals surface area contributed by atoms with Gasteiger partial charge >= 0.3 is 0 Å². The molecular formula is C43H38BrNO2S2. The molecule has 3 aliphatic carbocycles. The van der Waals surface area contributed by atoms with Gasteiger partial charge in [0, 0.05) is 59.9 Å². The van der Waals surface area contributed by atoms with Gasteiger partial charge in [0.05, 0.1) is 9.70 Å². The number of anilines is 3. The van der Waals surface area contributed by atoms with Crippen molar-refractivity contribution in [1.82, 2.24) is 0 Å². The van der Waals surface area contributed by atoms with Gasteiger partial charge in [-0.05, 0) is 88.8 Å². The Bertz CT molecular complexity index is 2080. The van der Waals surface area contributed by atoms with E-state index in [-0.39, 0.29) is 23.4 Å². The highest BCUT2D eigenvalue weighted by molar-refractivity contribution is 9.11. The number of Topliss-reactive ketones (excluding diaryl/α,β-unsaturated/α-hetero) is 2. The van der Waals surface area contributed by atoms with Crippen LogP contribution < -0.4 is 4.90 Å². The largest absolute Gasteiger partial charge is 0.311 e. The summed E-state index contributed by atoms with van der Waals surface area (Å²) in [5.74, 6) is 0.0298. The minimum atomic E-state index is -0.234. The first-order chi connectivity index (χ1) is 24.0. The van der Waals surface area contributed by atoms with Crippen molar-refractivity contribution in [2.75, 3.05) is 4.90 Å². The Kier molecular flexibility index (Phi) is 8.90. The fraction of sp³-hybridized carbons (Fsp3) is 0.256. The molecule has 0 spiro atoms. The summed E-state index contributed by atoms with van der Waals surface area (Å²) in [6.45, 7) is 4.32. The highest BCUT2D eigenvalue weighted by Gasteiger charge is 2.47. The SMILES string of the molecule is CCCCCCCCc1c(Br)sc2c1C(=O)C1C=C3C(=CC21)C(=O)c1c3sc(-c2ccc(N(c3ccccc3)c3ccccc3)cc2)c1C. The number of allylic oxidation sites excluding steroid dienone is 4. The maximum absolute atomic E-state index is 14.1. The molecule has 3 aromatic carbocycles. The van der Waals surface area contributed by atoms with E-state index in [9.17, 15) is 9.59 Å². The van der Waals surface area contributed by atoms with Crippen molar-refractivity contribution >= 4 is 72.8 Å². The molecule has 0 bridgehead atoms. The molecular weight excluding hydrogens is 707 g/mol. The summed E-state index contributed by atoms with van der Waals surface area (Å²) in [5.41, 5.74) is 10.0. The number of rotatable bonds is 11. The molecule has 2 unspecified atom stereocenters. The molecule has 2 atom stereocenters. The maximum Gasteiger partial charge on any atom is 0.195 e. The summed E-state index contributed by atoms with van der Waals surface area (Å²) >= 11 is 7.19. The summed E-state index contributed by atoms with van der Waals surface area (Å²) in [5, 5.41) is 0. The van der Waals surface area contributed by atoms with E-state index in [1.165, 1.54) is 37.7 Å². The lowest BCUT2D eigenvalue weighted by Crippen LogP contribution is -2.15. The van der Waals surface area contributed by atoms with Gasteiger partial charge in [0.25, 0.3) is 0 Å². The minimum absolute atomic E-state index is 0.0525. The zero-order valence-electron chi connectivity index (χ0n) is 27.8. The van der Waals surface area contributed by atoms with Crippen molar-refractivity contribution < 1.29 is 9.59 Å². The smallest absolute Gasteiger partial charge is 0.195 e. The summed E-state index contributed by atoms with van der Waals surface area (Å²) in [4.78, 5) is 33.6. The molecule has 5 aromatic rings. The number of unbranched alkanes of at least 4 members (excludes halogenated alkanes) is 5. The predicted molar refractivity (Wildman–Crippen MR) is 209 cm³/mol. The van der Waals surface area contributed by atoms with Crippen LogP contribution in [-0.2, 0) is 6.42 Å². The van der Waals surface area contributed by atoms with Crippen molar-refractivity contribution in [1.29, 1.82) is 0 Å². The number of fused-ring (bicyclic) bond motifs is 6. The number of para-hydroxylation sites is 2. The Hall–Kier alpha value is -3.84. The van der Waals surface area contributed by atoms with Crippen LogP contribution in [0, 0.1) is 12.8 Å². The number of benzene rings is 3. The molecule has 2 aromatic heterocycles. The van der Waals surface area contributed by atoms with Crippen LogP contribution in [0.3, 0.4) is 0 Å². The van der Waals surface area contributed by atoms with Crippen molar-refractivity contribution in [3.05, 3.63) is 138 Å². The highest BCUT2D eigenvalue weighted by Crippen LogP contribution is 2.56. The van der Waals surface area contributed by atoms with E-state index in [1.807, 2.05) is 12.1 Å². The van der Waals surface area contributed by atoms with Gasteiger partial charge < -0.3 is 4.90 Å². The zero-order valence-corrected chi connectivity index (χ0v) is 31.0. The van der Waals surface area contributed by atoms with Crippen LogP contribution in [0.4, 0.5) is 17.1 Å². The third-order valence-corrected chi connectivity index (χ3v) is 13.7. The molecule has 0 fully saturated rings. The highest BCUT2D eigenvalue weighted by atomic mass is 79.9. The van der Waals surface area contributed by atoms with Crippen LogP contribution in [0.1, 0.15) is 93.0 Å². The van der Waals surface area contributed by atoms with Gasteiger partial charge in [0.1, 0.15) is 0 Å². The Morgan fingerprint density at radius 1 is 0.673 bits per heavy atom. The van der Waals surface area contributed by atoms with E-state index < -0.39 is 0 Å². The van der Waals surface area contributed by atoms with Crippen LogP contribution in [-0.4, -0.2) is 11.6 Å². The third-order valence-electron chi connectivity index (χ3n) is 10.3. The van der Waals surface area contributed by atoms with Gasteiger partial charge in [0.15, 0.2) is 11.6 Å². The Balaban J connectivity index is 1.07. The molecule has 6 heteroatoms. The first kappa shape index (κ1) is 32.4. The van der Waals surface area contributed by atoms with Crippen LogP contribution in [0.5, 0.6) is 0 Å². The van der Waals surface area contributed by atoms with Crippen LogP contribution in [0.15, 0.2) is 106 Å². The third kappa shape index (κ3) is 5.62. The van der Waals surface area contributed by atoms with E-state index in [0.29, 0.717) is 0 Å². The first-order valence-corrected chi connectivity index (χ1v) is 19.9. The Morgan fingerprint density at radius 2 is 1.29 bits per heavy atom. The van der Waals surface area contributed by atoms with Crippen molar-refractivity contribution in [2.45, 2.75) is 64.7 Å². The second-order valence-electron chi connectivity index (χ2n) is 13.3. The lowest BCUT2D eigenvalue weighted by Gasteiger charge is -2.25. The second kappa shape index (κ2) is 13.5. The van der Waals surface area contributed by atoms with Gasteiger partial charge in [-0.15, -0.1) is 22.7 Å². The number of hydrogen-bond donors (Lipinski definition) is 0. The van der Waals surface area contributed by atoms with E-state index in [1.54, 1.807) is 22.7 Å². The van der Waals surface area contributed by atoms with Crippen LogP contribution in [0.25, 0.3) is 16.0 Å². The fourth-order valence-electron chi connectivity index (χ4n) is 7.80. The number of carbonyl (C=O) groups is 2. The number of nitrogens with zero attached hydrogens (tertiary/aromatic N) is 1. The molecule has 3 nitrogen and oxygen atoms in total. The second-order valence-corrected chi connectivity index (χ2v) is 16.7. The summed E-state index contributed by atoms with van der Waals surface area (Å²) in [6, 6.07) is 29.4. The van der Waals surface area contributed by atoms with Crippen LogP contribution in [0.2, 0.25) is 0 Å². The molecule has 0 amide bonds. The predicted octanol–water partition coefficient (Wildman–Crippen LogP) is 13.0. The summed E-state index contributed by atoms with van der Waals surface area (Å²) in [7, 11) is 0. The van der Waals surface area contributed by atoms with Gasteiger partial charge in [-0.25, -0.2) is 0 Å². The molecule has 0 aliphatic heterocycles. The van der Waals surface area contributed by atoms with Gasteiger partial charge in [-0.3, -0.25) is 9.59 Å². The topological polar surface area (TPSA) is 37.4 Å². The Morgan fingerprint density at radius 3 is 1.96 bits per heavy atom. The summed E-state index contributed by atoms with van der Waals surface area (Å²) in [6.07, 6.45) is 12.6. The van der Waals surface area contributed by atoms with E-state index >= 15 is 0 Å². The molecule has 0 radical (unpaired) electrons. The van der Waals surface area contributed by atoms with E-state index in [2.05, 4.69) is 120 Å². The van der Waals surface area contributed by atoms with Crippen molar-refractivity contribution in [3.8, 4) is 10.4 Å². The normalized spacial score (nSPS) is 17.4. The van der Waals surface area contributed by atoms with Crippen molar-refractivity contribution in [2.24, 2.45) is 5.92 Å². The molecule has 246 valence electrons. The van der Waals surface area contributed by atoms with Crippen LogP contribution >= 0.6 is 38.6 Å². The Labute approximate surface area is 305 Å². The lowest BCUT2D eigenvalue weighted by atomic mass is 9.84. The number of halogens is 1. The first-order valence-electron chi connectivity index (χ1n) is 17.4. The van der Waals surface area contributed by atoms with Gasteiger partial charge in [-0.1, -0.05) is 99.7 Å². The maximum atomic E-state index is 14.1. The monoisotopic (exact) mass is 743 g/mol. The van der Waals surface area contributed by atoms with Gasteiger partial charge in [-0.2, -0.15) is 0 Å². The molecule has 8 rings (SSSR count). The molecule has 0 saturated heterocycles. The standard InChI is InChI=1S/C43H38BrNO2S2/c1-3-4-5-6-7-14-19-31-37-39(47)33-25-34-32(24-35(33)42(37)49-43(31)44)38(46)36-26(2)40(48-41(34)36)27-20-22-30(23-21-27)45(28-15-10-8-11-16-28)29-17-12-9-13-18-29/h8-13,15-18,20-25,33,35H,3-7,14,19H2,1-2H3. The number of thiophene rings is 2. The molecule has 49 heavy (non-hydrogen) atoms. The number of hydrogen-bond acceptors (Lipinski definition) is 5. The van der Waals surface area contributed by atoms with Crippen molar-refractivity contribution in [3.63, 3.8) is 0 Å². The zero-order chi connectivity index (χ0) is 33.6. The fourth-order valence-corrected chi connectivity index (χ4v) is 11.3.